The molecule has 5 heteroatoms. The number of rotatable bonds is 3. The minimum absolute atomic E-state index is 0.0405. The number of benzene rings is 1. The van der Waals surface area contributed by atoms with Crippen molar-refractivity contribution < 1.29 is 9.18 Å². The predicted molar refractivity (Wildman–Crippen MR) is 68.3 cm³/mol. The van der Waals surface area contributed by atoms with Crippen molar-refractivity contribution in [3.63, 3.8) is 0 Å². The summed E-state index contributed by atoms with van der Waals surface area (Å²) in [6, 6.07) is 4.20. The summed E-state index contributed by atoms with van der Waals surface area (Å²) >= 11 is 0. The van der Waals surface area contributed by atoms with E-state index in [0.717, 1.165) is 18.5 Å². The summed E-state index contributed by atoms with van der Waals surface area (Å²) in [6.07, 6.45) is 0.737. The smallest absolute Gasteiger partial charge is 0.237 e. The van der Waals surface area contributed by atoms with E-state index in [1.54, 1.807) is 6.07 Å². The Morgan fingerprint density at radius 3 is 3.06 bits per heavy atom. The second-order valence-electron chi connectivity index (χ2n) is 4.53. The van der Waals surface area contributed by atoms with Gasteiger partial charge < -0.3 is 11.1 Å². The van der Waals surface area contributed by atoms with Crippen LogP contribution in [0.3, 0.4) is 0 Å². The Hall–Kier alpha value is -1.62. The van der Waals surface area contributed by atoms with E-state index in [0.29, 0.717) is 18.8 Å². The van der Waals surface area contributed by atoms with Gasteiger partial charge in [-0.2, -0.15) is 0 Å². The number of hydrogen-bond acceptors (Lipinski definition) is 3. The van der Waals surface area contributed by atoms with Crippen molar-refractivity contribution >= 4 is 11.6 Å². The van der Waals surface area contributed by atoms with E-state index in [1.165, 1.54) is 12.1 Å². The monoisotopic (exact) mass is 251 g/mol. The quantitative estimate of drug-likeness (QED) is 0.791. The second-order valence-corrected chi connectivity index (χ2v) is 4.53. The third kappa shape index (κ3) is 2.61. The zero-order chi connectivity index (χ0) is 13.1. The highest BCUT2D eigenvalue weighted by molar-refractivity contribution is 5.82. The van der Waals surface area contributed by atoms with Crippen molar-refractivity contribution in [2.24, 2.45) is 0 Å². The van der Waals surface area contributed by atoms with E-state index in [9.17, 15) is 9.18 Å². The number of nitrogens with zero attached hydrogens (tertiary/aromatic N) is 1. The van der Waals surface area contributed by atoms with Crippen molar-refractivity contribution in [1.29, 1.82) is 0 Å². The molecule has 1 aliphatic heterocycles. The van der Waals surface area contributed by atoms with Crippen molar-refractivity contribution in [3.05, 3.63) is 29.6 Å². The van der Waals surface area contributed by atoms with Crippen LogP contribution in [0.1, 0.15) is 18.9 Å². The Balaban J connectivity index is 2.16. The number of halogens is 1. The maximum atomic E-state index is 13.2. The third-order valence-corrected chi connectivity index (χ3v) is 3.31. The van der Waals surface area contributed by atoms with Crippen LogP contribution in [0.5, 0.6) is 0 Å². The molecule has 0 spiro atoms. The molecule has 0 radical (unpaired) electrons. The fourth-order valence-corrected chi connectivity index (χ4v) is 2.33. The van der Waals surface area contributed by atoms with E-state index in [2.05, 4.69) is 5.32 Å². The van der Waals surface area contributed by atoms with E-state index in [1.807, 2.05) is 11.8 Å². The SMILES string of the molecule is CCC1C(=O)NCCN1Cc1cc(F)ccc1N. The van der Waals surface area contributed by atoms with E-state index in [4.69, 9.17) is 5.73 Å². The maximum absolute atomic E-state index is 13.2. The number of nitrogen functional groups attached to an aromatic ring is 1. The van der Waals surface area contributed by atoms with Gasteiger partial charge in [0.25, 0.3) is 0 Å². The van der Waals surface area contributed by atoms with Gasteiger partial charge in [-0.3, -0.25) is 9.69 Å². The average molecular weight is 251 g/mol. The van der Waals surface area contributed by atoms with E-state index in [-0.39, 0.29) is 17.8 Å². The Bertz CT molecular complexity index is 450. The second kappa shape index (κ2) is 5.35. The van der Waals surface area contributed by atoms with E-state index < -0.39 is 0 Å². The molecule has 1 fully saturated rings. The van der Waals surface area contributed by atoms with Gasteiger partial charge in [0.1, 0.15) is 5.82 Å². The number of hydrogen-bond donors (Lipinski definition) is 2. The van der Waals surface area contributed by atoms with Crippen LogP contribution < -0.4 is 11.1 Å². The highest BCUT2D eigenvalue weighted by Crippen LogP contribution is 2.19. The summed E-state index contributed by atoms with van der Waals surface area (Å²) in [5, 5.41) is 2.84. The molecule has 2 rings (SSSR count). The molecule has 1 atom stereocenters. The normalized spacial score (nSPS) is 20.8. The predicted octanol–water partition coefficient (Wildman–Crippen LogP) is 1.12. The number of anilines is 1. The first-order valence-electron chi connectivity index (χ1n) is 6.17. The zero-order valence-electron chi connectivity index (χ0n) is 10.4. The zero-order valence-corrected chi connectivity index (χ0v) is 10.4. The highest BCUT2D eigenvalue weighted by Gasteiger charge is 2.28. The van der Waals surface area contributed by atoms with Crippen LogP contribution in [0.15, 0.2) is 18.2 Å². The van der Waals surface area contributed by atoms with Gasteiger partial charge in [-0.25, -0.2) is 4.39 Å². The van der Waals surface area contributed by atoms with Gasteiger partial charge in [-0.05, 0) is 30.2 Å². The summed E-state index contributed by atoms with van der Waals surface area (Å²) in [7, 11) is 0. The lowest BCUT2D eigenvalue weighted by Gasteiger charge is -2.34. The molecule has 1 heterocycles. The summed E-state index contributed by atoms with van der Waals surface area (Å²) in [4.78, 5) is 13.8. The largest absolute Gasteiger partial charge is 0.398 e. The van der Waals surface area contributed by atoms with Gasteiger partial charge in [0.2, 0.25) is 5.91 Å². The number of carbonyl (C=O) groups is 1. The Morgan fingerprint density at radius 2 is 2.33 bits per heavy atom. The molecule has 0 bridgehead atoms. The number of nitrogens with two attached hydrogens (primary N) is 1. The molecular formula is C13H18FN3O. The third-order valence-electron chi connectivity index (χ3n) is 3.31. The molecule has 18 heavy (non-hydrogen) atoms. The Kier molecular flexibility index (Phi) is 3.81. The van der Waals surface area contributed by atoms with Crippen LogP contribution >= 0.6 is 0 Å². The molecule has 0 aliphatic carbocycles. The molecule has 1 unspecified atom stereocenters. The summed E-state index contributed by atoms with van der Waals surface area (Å²) in [5.41, 5.74) is 7.14. The number of amides is 1. The lowest BCUT2D eigenvalue weighted by Crippen LogP contribution is -2.54. The topological polar surface area (TPSA) is 58.4 Å². The van der Waals surface area contributed by atoms with Crippen LogP contribution in [0.4, 0.5) is 10.1 Å². The van der Waals surface area contributed by atoms with Crippen molar-refractivity contribution in [2.75, 3.05) is 18.8 Å². The Morgan fingerprint density at radius 1 is 1.56 bits per heavy atom. The van der Waals surface area contributed by atoms with Crippen LogP contribution in [-0.2, 0) is 11.3 Å². The molecule has 3 N–H and O–H groups in total. The maximum Gasteiger partial charge on any atom is 0.237 e. The number of piperazine rings is 1. The van der Waals surface area contributed by atoms with Gasteiger partial charge >= 0.3 is 0 Å². The van der Waals surface area contributed by atoms with Crippen molar-refractivity contribution in [1.82, 2.24) is 10.2 Å². The molecule has 4 nitrogen and oxygen atoms in total. The molecular weight excluding hydrogens is 233 g/mol. The average Bonchev–Trinajstić information content (AvgIpc) is 2.34. The molecule has 1 saturated heterocycles. The van der Waals surface area contributed by atoms with Gasteiger partial charge in [0.15, 0.2) is 0 Å². The summed E-state index contributed by atoms with van der Waals surface area (Å²) in [6.45, 7) is 3.87. The fraction of sp³-hybridized carbons (Fsp3) is 0.462. The molecule has 1 aromatic carbocycles. The summed E-state index contributed by atoms with van der Waals surface area (Å²) in [5.74, 6) is -0.257. The minimum Gasteiger partial charge on any atom is -0.398 e. The molecule has 0 aromatic heterocycles. The fourth-order valence-electron chi connectivity index (χ4n) is 2.33. The first kappa shape index (κ1) is 12.8. The molecule has 1 amide bonds. The summed E-state index contributed by atoms with van der Waals surface area (Å²) < 4.78 is 13.2. The standard InChI is InChI=1S/C13H18FN3O/c1-2-12-13(18)16-5-6-17(12)8-9-7-10(14)3-4-11(9)15/h3-4,7,12H,2,5-6,8,15H2,1H3,(H,16,18). The van der Waals surface area contributed by atoms with Crippen molar-refractivity contribution in [3.8, 4) is 0 Å². The van der Waals surface area contributed by atoms with Crippen LogP contribution in [0, 0.1) is 5.82 Å². The number of nitrogens with one attached hydrogen (secondary N) is 1. The van der Waals surface area contributed by atoms with Gasteiger partial charge in [-0.1, -0.05) is 6.92 Å². The minimum atomic E-state index is -0.297. The first-order chi connectivity index (χ1) is 8.61. The molecule has 0 saturated carbocycles. The first-order valence-corrected chi connectivity index (χ1v) is 6.17. The van der Waals surface area contributed by atoms with Gasteiger partial charge in [0, 0.05) is 25.3 Å². The number of carbonyl (C=O) groups excluding carboxylic acids is 1. The van der Waals surface area contributed by atoms with E-state index >= 15 is 0 Å². The van der Waals surface area contributed by atoms with Crippen molar-refractivity contribution in [2.45, 2.75) is 25.9 Å². The van der Waals surface area contributed by atoms with Gasteiger partial charge in [0.05, 0.1) is 6.04 Å². The molecule has 98 valence electrons. The Labute approximate surface area is 106 Å². The highest BCUT2D eigenvalue weighted by atomic mass is 19.1. The molecule has 1 aliphatic rings. The molecule has 1 aromatic rings. The van der Waals surface area contributed by atoms with Crippen LogP contribution in [-0.4, -0.2) is 29.9 Å². The van der Waals surface area contributed by atoms with Gasteiger partial charge in [-0.15, -0.1) is 0 Å². The van der Waals surface area contributed by atoms with Crippen LogP contribution in [0.2, 0.25) is 0 Å². The lowest BCUT2D eigenvalue weighted by molar-refractivity contribution is -0.129. The lowest BCUT2D eigenvalue weighted by atomic mass is 10.1. The van der Waals surface area contributed by atoms with Crippen LogP contribution in [0.25, 0.3) is 0 Å².